The van der Waals surface area contributed by atoms with Gasteiger partial charge in [-0.05, 0) is 62.2 Å². The Morgan fingerprint density at radius 3 is 2.50 bits per heavy atom. The van der Waals surface area contributed by atoms with Crippen molar-refractivity contribution in [3.8, 4) is 0 Å². The zero-order valence-corrected chi connectivity index (χ0v) is 13.1. The van der Waals surface area contributed by atoms with Crippen molar-refractivity contribution in [1.82, 2.24) is 4.98 Å². The quantitative estimate of drug-likeness (QED) is 0.826. The van der Waals surface area contributed by atoms with Gasteiger partial charge in [-0.1, -0.05) is 0 Å². The monoisotopic (exact) mass is 398 g/mol. The SMILES string of the molecule is O=C(O)c1ccc(NC(=O)c2ncccc2Br)c(Br)c1. The Morgan fingerprint density at radius 2 is 1.90 bits per heavy atom. The van der Waals surface area contributed by atoms with Crippen molar-refractivity contribution in [1.29, 1.82) is 0 Å². The minimum atomic E-state index is -1.03. The highest BCUT2D eigenvalue weighted by atomic mass is 79.9. The number of hydrogen-bond acceptors (Lipinski definition) is 3. The number of anilines is 1. The molecule has 102 valence electrons. The molecule has 0 bridgehead atoms. The number of carboxylic acids is 1. The highest BCUT2D eigenvalue weighted by Crippen LogP contribution is 2.25. The number of carboxylic acid groups (broad SMARTS) is 1. The summed E-state index contributed by atoms with van der Waals surface area (Å²) in [6.45, 7) is 0. The third-order valence-corrected chi connectivity index (χ3v) is 3.73. The Hall–Kier alpha value is -1.73. The van der Waals surface area contributed by atoms with E-state index in [9.17, 15) is 9.59 Å². The molecule has 0 saturated heterocycles. The minimum absolute atomic E-state index is 0.133. The Kier molecular flexibility index (Phi) is 4.51. The normalized spacial score (nSPS) is 10.1. The molecule has 0 atom stereocenters. The maximum absolute atomic E-state index is 12.1. The second kappa shape index (κ2) is 6.15. The van der Waals surface area contributed by atoms with Gasteiger partial charge in [-0.15, -0.1) is 0 Å². The summed E-state index contributed by atoms with van der Waals surface area (Å²) in [6.07, 6.45) is 1.52. The summed E-state index contributed by atoms with van der Waals surface area (Å²) in [5.41, 5.74) is 0.855. The fraction of sp³-hybridized carbons (Fsp3) is 0. The molecule has 2 N–H and O–H groups in total. The average molecular weight is 400 g/mol. The van der Waals surface area contributed by atoms with Crippen LogP contribution in [0.1, 0.15) is 20.8 Å². The predicted octanol–water partition coefficient (Wildman–Crippen LogP) is 3.56. The van der Waals surface area contributed by atoms with Gasteiger partial charge in [0.2, 0.25) is 0 Å². The number of pyridine rings is 1. The molecule has 0 unspecified atom stereocenters. The minimum Gasteiger partial charge on any atom is -0.478 e. The van der Waals surface area contributed by atoms with E-state index in [1.807, 2.05) is 0 Å². The molecule has 2 rings (SSSR count). The summed E-state index contributed by atoms with van der Waals surface area (Å²) >= 11 is 6.47. The first-order valence-corrected chi connectivity index (χ1v) is 7.02. The van der Waals surface area contributed by atoms with Crippen LogP contribution in [0.2, 0.25) is 0 Å². The maximum Gasteiger partial charge on any atom is 0.335 e. The maximum atomic E-state index is 12.1. The van der Waals surface area contributed by atoms with Crippen LogP contribution in [0, 0.1) is 0 Å². The highest BCUT2D eigenvalue weighted by Gasteiger charge is 2.13. The number of benzene rings is 1. The van der Waals surface area contributed by atoms with Crippen molar-refractivity contribution in [3.05, 3.63) is 56.7 Å². The number of nitrogens with zero attached hydrogens (tertiary/aromatic N) is 1. The number of aromatic nitrogens is 1. The van der Waals surface area contributed by atoms with Crippen LogP contribution in [-0.2, 0) is 0 Å². The molecule has 2 aromatic rings. The number of nitrogens with one attached hydrogen (secondary N) is 1. The van der Waals surface area contributed by atoms with E-state index >= 15 is 0 Å². The van der Waals surface area contributed by atoms with Crippen LogP contribution in [0.4, 0.5) is 5.69 Å². The molecular formula is C13H8Br2N2O3. The van der Waals surface area contributed by atoms with Gasteiger partial charge in [-0.3, -0.25) is 4.79 Å². The van der Waals surface area contributed by atoms with Crippen LogP contribution < -0.4 is 5.32 Å². The van der Waals surface area contributed by atoms with Gasteiger partial charge < -0.3 is 10.4 Å². The lowest BCUT2D eigenvalue weighted by molar-refractivity contribution is 0.0696. The first kappa shape index (κ1) is 14.7. The number of carbonyl (C=O) groups is 2. The molecule has 0 radical (unpaired) electrons. The average Bonchev–Trinajstić information content (AvgIpc) is 2.41. The third kappa shape index (κ3) is 3.23. The Morgan fingerprint density at radius 1 is 1.15 bits per heavy atom. The molecule has 1 aromatic carbocycles. The summed E-state index contributed by atoms with van der Waals surface area (Å²) in [5.74, 6) is -1.42. The fourth-order valence-electron chi connectivity index (χ4n) is 1.48. The van der Waals surface area contributed by atoms with E-state index in [1.54, 1.807) is 12.1 Å². The van der Waals surface area contributed by atoms with Crippen molar-refractivity contribution in [3.63, 3.8) is 0 Å². The molecule has 1 amide bonds. The lowest BCUT2D eigenvalue weighted by Crippen LogP contribution is -2.14. The second-order valence-corrected chi connectivity index (χ2v) is 5.50. The van der Waals surface area contributed by atoms with Gasteiger partial charge in [0.15, 0.2) is 0 Å². The van der Waals surface area contributed by atoms with Crippen LogP contribution >= 0.6 is 31.9 Å². The van der Waals surface area contributed by atoms with Crippen molar-refractivity contribution in [2.24, 2.45) is 0 Å². The highest BCUT2D eigenvalue weighted by molar-refractivity contribution is 9.11. The molecule has 1 aromatic heterocycles. The predicted molar refractivity (Wildman–Crippen MR) is 81.0 cm³/mol. The standard InChI is InChI=1S/C13H8Br2N2O3/c14-8-2-1-5-16-11(8)12(18)17-10-4-3-7(13(19)20)6-9(10)15/h1-6H,(H,17,18)(H,19,20). The van der Waals surface area contributed by atoms with Crippen molar-refractivity contribution < 1.29 is 14.7 Å². The fourth-order valence-corrected chi connectivity index (χ4v) is 2.40. The zero-order chi connectivity index (χ0) is 14.7. The molecule has 0 aliphatic rings. The van der Waals surface area contributed by atoms with E-state index in [0.29, 0.717) is 14.6 Å². The lowest BCUT2D eigenvalue weighted by atomic mass is 10.2. The molecule has 0 aliphatic heterocycles. The van der Waals surface area contributed by atoms with E-state index in [2.05, 4.69) is 42.2 Å². The van der Waals surface area contributed by atoms with Crippen molar-refractivity contribution in [2.45, 2.75) is 0 Å². The Labute approximate surface area is 131 Å². The summed E-state index contributed by atoms with van der Waals surface area (Å²) in [6, 6.07) is 7.77. The summed E-state index contributed by atoms with van der Waals surface area (Å²) in [7, 11) is 0. The van der Waals surface area contributed by atoms with E-state index in [1.165, 1.54) is 24.4 Å². The number of halogens is 2. The van der Waals surface area contributed by atoms with Crippen molar-refractivity contribution >= 4 is 49.4 Å². The number of rotatable bonds is 3. The number of carbonyl (C=O) groups excluding carboxylic acids is 1. The zero-order valence-electron chi connectivity index (χ0n) is 9.93. The largest absolute Gasteiger partial charge is 0.478 e. The Bertz CT molecular complexity index is 689. The van der Waals surface area contributed by atoms with Gasteiger partial charge in [0.25, 0.3) is 5.91 Å². The summed E-state index contributed by atoms with van der Waals surface area (Å²) < 4.78 is 1.06. The van der Waals surface area contributed by atoms with Crippen LogP contribution in [0.25, 0.3) is 0 Å². The summed E-state index contributed by atoms with van der Waals surface area (Å²) in [4.78, 5) is 26.9. The van der Waals surface area contributed by atoms with E-state index in [4.69, 9.17) is 5.11 Å². The molecule has 5 nitrogen and oxygen atoms in total. The molecule has 0 saturated carbocycles. The third-order valence-electron chi connectivity index (χ3n) is 2.44. The smallest absolute Gasteiger partial charge is 0.335 e. The first-order chi connectivity index (χ1) is 9.49. The molecule has 0 aliphatic carbocycles. The molecule has 0 fully saturated rings. The topological polar surface area (TPSA) is 79.3 Å². The first-order valence-electron chi connectivity index (χ1n) is 5.44. The molecule has 0 spiro atoms. The van der Waals surface area contributed by atoms with Gasteiger partial charge in [-0.2, -0.15) is 0 Å². The van der Waals surface area contributed by atoms with Crippen LogP contribution in [-0.4, -0.2) is 22.0 Å². The van der Waals surface area contributed by atoms with Crippen LogP contribution in [0.5, 0.6) is 0 Å². The van der Waals surface area contributed by atoms with Gasteiger partial charge in [-0.25, -0.2) is 9.78 Å². The van der Waals surface area contributed by atoms with Gasteiger partial charge >= 0.3 is 5.97 Å². The molecule has 7 heteroatoms. The van der Waals surface area contributed by atoms with Gasteiger partial charge in [0, 0.05) is 15.1 Å². The molecular weight excluding hydrogens is 392 g/mol. The Balaban J connectivity index is 2.25. The molecule has 1 heterocycles. The van der Waals surface area contributed by atoms with Crippen LogP contribution in [0.15, 0.2) is 45.5 Å². The number of hydrogen-bond donors (Lipinski definition) is 2. The van der Waals surface area contributed by atoms with Crippen LogP contribution in [0.3, 0.4) is 0 Å². The number of aromatic carboxylic acids is 1. The second-order valence-electron chi connectivity index (χ2n) is 3.79. The number of amides is 1. The van der Waals surface area contributed by atoms with Gasteiger partial charge in [0.05, 0.1) is 11.3 Å². The van der Waals surface area contributed by atoms with E-state index in [-0.39, 0.29) is 17.2 Å². The van der Waals surface area contributed by atoms with E-state index < -0.39 is 5.97 Å². The molecule has 20 heavy (non-hydrogen) atoms. The van der Waals surface area contributed by atoms with Gasteiger partial charge in [0.1, 0.15) is 5.69 Å². The van der Waals surface area contributed by atoms with E-state index in [0.717, 1.165) is 0 Å². The van der Waals surface area contributed by atoms with Crippen molar-refractivity contribution in [2.75, 3.05) is 5.32 Å². The lowest BCUT2D eigenvalue weighted by Gasteiger charge is -2.08. The summed E-state index contributed by atoms with van der Waals surface area (Å²) in [5, 5.41) is 11.5.